The molecule has 1 amide bonds. The lowest BCUT2D eigenvalue weighted by molar-refractivity contribution is -0.384. The summed E-state index contributed by atoms with van der Waals surface area (Å²) in [7, 11) is 1.85. The van der Waals surface area contributed by atoms with Gasteiger partial charge in [-0.05, 0) is 24.1 Å². The minimum atomic E-state index is -0.634. The topological polar surface area (TPSA) is 77.5 Å². The first kappa shape index (κ1) is 21.7. The molecule has 0 atom stereocenters. The summed E-state index contributed by atoms with van der Waals surface area (Å²) in [6.45, 7) is 2.03. The molecule has 0 fully saturated rings. The normalized spacial score (nSPS) is 11.5. The first-order valence-corrected chi connectivity index (χ1v) is 10.9. The van der Waals surface area contributed by atoms with Crippen LogP contribution in [0.1, 0.15) is 15.9 Å². The summed E-state index contributed by atoms with van der Waals surface area (Å²) in [5.74, 6) is -0.634. The number of thiazole rings is 1. The minimum Gasteiger partial charge on any atom is -0.319 e. The Labute approximate surface area is 193 Å². The zero-order valence-electron chi connectivity index (χ0n) is 17.3. The Kier molecular flexibility index (Phi) is 6.03. The molecule has 0 aliphatic rings. The van der Waals surface area contributed by atoms with Crippen LogP contribution in [-0.2, 0) is 7.05 Å². The Balaban J connectivity index is 1.90. The number of hydrogen-bond donors (Lipinski definition) is 0. The highest BCUT2D eigenvalue weighted by atomic mass is 35.5. The number of carbonyl (C=O) groups is 1. The predicted molar refractivity (Wildman–Crippen MR) is 127 cm³/mol. The van der Waals surface area contributed by atoms with Crippen LogP contribution in [0.4, 0.5) is 5.69 Å². The maximum Gasteiger partial charge on any atom is 0.281 e. The SMILES string of the molecule is Cc1ccc(-c2c(-c3ccccc3)sc(=NC(=O)c3cc([N+](=O)[O-])ccc3Cl)n2C)cc1. The molecule has 0 aliphatic carbocycles. The highest BCUT2D eigenvalue weighted by Gasteiger charge is 2.18. The Bertz CT molecular complexity index is 1390. The van der Waals surface area contributed by atoms with Crippen molar-refractivity contribution in [3.05, 3.63) is 104 Å². The number of nitro groups is 1. The third-order valence-corrected chi connectivity index (χ3v) is 6.49. The zero-order valence-corrected chi connectivity index (χ0v) is 18.9. The van der Waals surface area contributed by atoms with Gasteiger partial charge in [0.2, 0.25) is 0 Å². The monoisotopic (exact) mass is 463 g/mol. The van der Waals surface area contributed by atoms with Gasteiger partial charge in [0.15, 0.2) is 4.80 Å². The average Bonchev–Trinajstić information content (AvgIpc) is 3.11. The predicted octanol–water partition coefficient (Wildman–Crippen LogP) is 6.03. The fourth-order valence-electron chi connectivity index (χ4n) is 3.31. The maximum atomic E-state index is 12.9. The molecule has 4 aromatic rings. The number of benzene rings is 3. The Morgan fingerprint density at radius 3 is 2.38 bits per heavy atom. The van der Waals surface area contributed by atoms with Gasteiger partial charge in [-0.25, -0.2) is 0 Å². The standard InChI is InChI=1S/C24H18ClN3O3S/c1-15-8-10-16(11-9-15)21-22(17-6-4-3-5-7-17)32-24(27(21)2)26-23(29)19-14-18(28(30)31)12-13-20(19)25/h3-14H,1-2H3. The number of amides is 1. The summed E-state index contributed by atoms with van der Waals surface area (Å²) in [5.41, 5.74) is 3.86. The maximum absolute atomic E-state index is 12.9. The number of non-ortho nitro benzene ring substituents is 1. The van der Waals surface area contributed by atoms with Crippen molar-refractivity contribution in [1.82, 2.24) is 4.57 Å². The summed E-state index contributed by atoms with van der Waals surface area (Å²) in [6.07, 6.45) is 0. The summed E-state index contributed by atoms with van der Waals surface area (Å²) in [6, 6.07) is 21.8. The van der Waals surface area contributed by atoms with Crippen molar-refractivity contribution >= 4 is 34.5 Å². The molecule has 0 radical (unpaired) electrons. The molecule has 0 N–H and O–H groups in total. The van der Waals surface area contributed by atoms with Crippen LogP contribution in [0.15, 0.2) is 77.8 Å². The van der Waals surface area contributed by atoms with Crippen LogP contribution >= 0.6 is 22.9 Å². The van der Waals surface area contributed by atoms with Gasteiger partial charge in [-0.1, -0.05) is 83.1 Å². The van der Waals surface area contributed by atoms with Gasteiger partial charge in [-0.3, -0.25) is 14.9 Å². The minimum absolute atomic E-state index is 0.00702. The van der Waals surface area contributed by atoms with E-state index in [9.17, 15) is 14.9 Å². The van der Waals surface area contributed by atoms with Crippen LogP contribution in [0, 0.1) is 17.0 Å². The lowest BCUT2D eigenvalue weighted by atomic mass is 10.1. The number of aromatic nitrogens is 1. The highest BCUT2D eigenvalue weighted by Crippen LogP contribution is 2.34. The van der Waals surface area contributed by atoms with Crippen molar-refractivity contribution in [2.24, 2.45) is 12.0 Å². The number of rotatable bonds is 4. The first-order chi connectivity index (χ1) is 15.3. The molecule has 6 nitrogen and oxygen atoms in total. The molecule has 1 aromatic heterocycles. The number of carbonyl (C=O) groups excluding carboxylic acids is 1. The van der Waals surface area contributed by atoms with E-state index < -0.39 is 10.8 Å². The van der Waals surface area contributed by atoms with E-state index in [4.69, 9.17) is 11.6 Å². The highest BCUT2D eigenvalue weighted by molar-refractivity contribution is 7.13. The Morgan fingerprint density at radius 2 is 1.72 bits per heavy atom. The van der Waals surface area contributed by atoms with E-state index >= 15 is 0 Å². The molecule has 0 bridgehead atoms. The van der Waals surface area contributed by atoms with Crippen LogP contribution in [0.25, 0.3) is 21.7 Å². The van der Waals surface area contributed by atoms with Crippen molar-refractivity contribution < 1.29 is 9.72 Å². The number of aryl methyl sites for hydroxylation is 1. The smallest absolute Gasteiger partial charge is 0.281 e. The van der Waals surface area contributed by atoms with Gasteiger partial charge in [0.1, 0.15) is 0 Å². The second kappa shape index (κ2) is 8.90. The fraction of sp³-hybridized carbons (Fsp3) is 0.0833. The molecule has 0 saturated carbocycles. The fourth-order valence-corrected chi connectivity index (χ4v) is 4.66. The van der Waals surface area contributed by atoms with Crippen molar-refractivity contribution in [2.45, 2.75) is 6.92 Å². The van der Waals surface area contributed by atoms with Gasteiger partial charge in [-0.2, -0.15) is 4.99 Å². The quantitative estimate of drug-likeness (QED) is 0.274. The summed E-state index contributed by atoms with van der Waals surface area (Å²) >= 11 is 7.51. The average molecular weight is 464 g/mol. The van der Waals surface area contributed by atoms with E-state index in [1.807, 2.05) is 73.1 Å². The summed E-state index contributed by atoms with van der Waals surface area (Å²) < 4.78 is 1.86. The number of hydrogen-bond acceptors (Lipinski definition) is 4. The molecule has 160 valence electrons. The first-order valence-electron chi connectivity index (χ1n) is 9.70. The van der Waals surface area contributed by atoms with E-state index in [2.05, 4.69) is 4.99 Å². The van der Waals surface area contributed by atoms with Gasteiger partial charge in [0.25, 0.3) is 11.6 Å². The second-order valence-corrected chi connectivity index (χ2v) is 8.58. The van der Waals surface area contributed by atoms with E-state index in [0.717, 1.165) is 33.3 Å². The van der Waals surface area contributed by atoms with Crippen molar-refractivity contribution in [2.75, 3.05) is 0 Å². The zero-order chi connectivity index (χ0) is 22.8. The van der Waals surface area contributed by atoms with Crippen LogP contribution in [-0.4, -0.2) is 15.4 Å². The third kappa shape index (κ3) is 4.26. The van der Waals surface area contributed by atoms with Gasteiger partial charge in [0, 0.05) is 19.2 Å². The third-order valence-electron chi connectivity index (χ3n) is 4.98. The van der Waals surface area contributed by atoms with Gasteiger partial charge < -0.3 is 4.57 Å². The van der Waals surface area contributed by atoms with E-state index in [-0.39, 0.29) is 16.3 Å². The van der Waals surface area contributed by atoms with Gasteiger partial charge in [0.05, 0.1) is 26.1 Å². The van der Waals surface area contributed by atoms with E-state index in [1.54, 1.807) is 0 Å². The second-order valence-electron chi connectivity index (χ2n) is 7.19. The summed E-state index contributed by atoms with van der Waals surface area (Å²) in [4.78, 5) is 29.2. The lowest BCUT2D eigenvalue weighted by Gasteiger charge is -2.08. The van der Waals surface area contributed by atoms with Crippen molar-refractivity contribution in [3.63, 3.8) is 0 Å². The number of halogens is 1. The van der Waals surface area contributed by atoms with E-state index in [1.165, 1.54) is 23.5 Å². The molecular weight excluding hydrogens is 446 g/mol. The van der Waals surface area contributed by atoms with Crippen LogP contribution in [0.2, 0.25) is 5.02 Å². The van der Waals surface area contributed by atoms with E-state index in [0.29, 0.717) is 4.80 Å². The molecule has 0 aliphatic heterocycles. The molecule has 3 aromatic carbocycles. The molecule has 0 spiro atoms. The molecule has 8 heteroatoms. The van der Waals surface area contributed by atoms with Crippen LogP contribution in [0.3, 0.4) is 0 Å². The van der Waals surface area contributed by atoms with Crippen molar-refractivity contribution in [1.29, 1.82) is 0 Å². The van der Waals surface area contributed by atoms with Crippen LogP contribution < -0.4 is 4.80 Å². The Morgan fingerprint density at radius 1 is 1.03 bits per heavy atom. The molecule has 0 saturated heterocycles. The van der Waals surface area contributed by atoms with Crippen molar-refractivity contribution in [3.8, 4) is 21.7 Å². The summed E-state index contributed by atoms with van der Waals surface area (Å²) in [5, 5.41) is 11.2. The van der Waals surface area contributed by atoms with Crippen LogP contribution in [0.5, 0.6) is 0 Å². The Hall–Kier alpha value is -3.55. The number of nitro benzene ring substituents is 1. The molecular formula is C24H18ClN3O3S. The molecule has 32 heavy (non-hydrogen) atoms. The molecule has 0 unspecified atom stereocenters. The van der Waals surface area contributed by atoms with Gasteiger partial charge >= 0.3 is 0 Å². The largest absolute Gasteiger partial charge is 0.319 e. The van der Waals surface area contributed by atoms with Gasteiger partial charge in [-0.15, -0.1) is 0 Å². The lowest BCUT2D eigenvalue weighted by Crippen LogP contribution is -2.14. The number of nitrogens with zero attached hydrogens (tertiary/aromatic N) is 3. The molecule has 1 heterocycles. The molecule has 4 rings (SSSR count).